The SMILES string of the molecule is COc1cccc(CN(C)C(=O)CCn2c(=O)[nH]c(=O)c3ccccc32)c1. The van der Waals surface area contributed by atoms with Gasteiger partial charge in [-0.05, 0) is 29.8 Å². The van der Waals surface area contributed by atoms with Crippen LogP contribution in [0.25, 0.3) is 10.9 Å². The van der Waals surface area contributed by atoms with E-state index in [4.69, 9.17) is 4.74 Å². The van der Waals surface area contributed by atoms with Gasteiger partial charge in [0.05, 0.1) is 18.0 Å². The molecule has 3 aromatic rings. The van der Waals surface area contributed by atoms with E-state index in [0.717, 1.165) is 11.3 Å². The molecule has 0 aliphatic carbocycles. The third-order valence-corrected chi connectivity index (χ3v) is 4.43. The lowest BCUT2D eigenvalue weighted by molar-refractivity contribution is -0.130. The number of benzene rings is 2. The van der Waals surface area contributed by atoms with Crippen LogP contribution in [0, 0.1) is 0 Å². The fourth-order valence-electron chi connectivity index (χ4n) is 3.00. The van der Waals surface area contributed by atoms with Crippen molar-refractivity contribution in [3.05, 3.63) is 74.9 Å². The monoisotopic (exact) mass is 367 g/mol. The fourth-order valence-corrected chi connectivity index (χ4v) is 3.00. The van der Waals surface area contributed by atoms with E-state index >= 15 is 0 Å². The van der Waals surface area contributed by atoms with E-state index in [9.17, 15) is 14.4 Å². The summed E-state index contributed by atoms with van der Waals surface area (Å²) in [6.45, 7) is 0.634. The normalized spacial score (nSPS) is 10.7. The number of hydrogen-bond donors (Lipinski definition) is 1. The third kappa shape index (κ3) is 4.08. The maximum Gasteiger partial charge on any atom is 0.328 e. The molecule has 0 saturated carbocycles. The fraction of sp³-hybridized carbons (Fsp3) is 0.250. The average molecular weight is 367 g/mol. The summed E-state index contributed by atoms with van der Waals surface area (Å²) in [6.07, 6.45) is 0.149. The van der Waals surface area contributed by atoms with Crippen molar-refractivity contribution in [2.75, 3.05) is 14.2 Å². The molecule has 7 nitrogen and oxygen atoms in total. The minimum atomic E-state index is -0.512. The second kappa shape index (κ2) is 7.90. The van der Waals surface area contributed by atoms with Gasteiger partial charge in [0.2, 0.25) is 5.91 Å². The second-order valence-electron chi connectivity index (χ2n) is 6.28. The van der Waals surface area contributed by atoms with E-state index in [-0.39, 0.29) is 18.9 Å². The molecule has 0 aliphatic rings. The summed E-state index contributed by atoms with van der Waals surface area (Å²) >= 11 is 0. The highest BCUT2D eigenvalue weighted by Gasteiger charge is 2.12. The highest BCUT2D eigenvalue weighted by atomic mass is 16.5. The van der Waals surface area contributed by atoms with Gasteiger partial charge in [0.1, 0.15) is 5.75 Å². The summed E-state index contributed by atoms with van der Waals surface area (Å²) in [6, 6.07) is 14.4. The van der Waals surface area contributed by atoms with E-state index in [1.54, 1.807) is 43.3 Å². The lowest BCUT2D eigenvalue weighted by Crippen LogP contribution is -2.33. The maximum absolute atomic E-state index is 12.5. The average Bonchev–Trinajstić information content (AvgIpc) is 2.67. The number of H-pyrrole nitrogens is 1. The van der Waals surface area contributed by atoms with E-state index in [1.165, 1.54) is 4.57 Å². The summed E-state index contributed by atoms with van der Waals surface area (Å²) in [5.41, 5.74) is 0.543. The number of amides is 1. The Balaban J connectivity index is 1.73. The van der Waals surface area contributed by atoms with Gasteiger partial charge in [-0.2, -0.15) is 0 Å². The van der Waals surface area contributed by atoms with Gasteiger partial charge in [0.25, 0.3) is 5.56 Å². The predicted molar refractivity (Wildman–Crippen MR) is 103 cm³/mol. The van der Waals surface area contributed by atoms with Crippen LogP contribution < -0.4 is 16.0 Å². The van der Waals surface area contributed by atoms with Gasteiger partial charge >= 0.3 is 5.69 Å². The first kappa shape index (κ1) is 18.4. The van der Waals surface area contributed by atoms with Crippen LogP contribution in [-0.4, -0.2) is 34.5 Å². The molecule has 0 saturated heterocycles. The number of aromatic nitrogens is 2. The Morgan fingerprint density at radius 2 is 1.93 bits per heavy atom. The van der Waals surface area contributed by atoms with Crippen LogP contribution in [0.2, 0.25) is 0 Å². The molecule has 0 spiro atoms. The van der Waals surface area contributed by atoms with E-state index in [1.807, 2.05) is 24.3 Å². The Kier molecular flexibility index (Phi) is 5.40. The van der Waals surface area contributed by atoms with Gasteiger partial charge in [0.15, 0.2) is 0 Å². The predicted octanol–water partition coefficient (Wildman–Crippen LogP) is 1.75. The van der Waals surface area contributed by atoms with Crippen LogP contribution in [-0.2, 0) is 17.9 Å². The Labute approximate surface area is 155 Å². The van der Waals surface area contributed by atoms with Crippen molar-refractivity contribution in [2.45, 2.75) is 19.5 Å². The van der Waals surface area contributed by atoms with Gasteiger partial charge in [-0.3, -0.25) is 19.1 Å². The number of nitrogens with one attached hydrogen (secondary N) is 1. The van der Waals surface area contributed by atoms with Crippen LogP contribution in [0.4, 0.5) is 0 Å². The molecular formula is C20H21N3O4. The number of methoxy groups -OCH3 is 1. The molecule has 0 radical (unpaired) electrons. The van der Waals surface area contributed by atoms with Crippen molar-refractivity contribution in [3.8, 4) is 5.75 Å². The first-order valence-electron chi connectivity index (χ1n) is 8.58. The lowest BCUT2D eigenvalue weighted by Gasteiger charge is -2.18. The first-order valence-corrected chi connectivity index (χ1v) is 8.58. The van der Waals surface area contributed by atoms with Crippen molar-refractivity contribution in [1.82, 2.24) is 14.5 Å². The summed E-state index contributed by atoms with van der Waals surface area (Å²) in [4.78, 5) is 40.5. The number of hydrogen-bond acceptors (Lipinski definition) is 4. The summed E-state index contributed by atoms with van der Waals surface area (Å²) in [5, 5.41) is 0.425. The van der Waals surface area contributed by atoms with E-state index < -0.39 is 11.2 Å². The molecule has 0 fully saturated rings. The summed E-state index contributed by atoms with van der Waals surface area (Å²) < 4.78 is 6.62. The number of carbonyl (C=O) groups excluding carboxylic acids is 1. The van der Waals surface area contributed by atoms with Crippen LogP contribution in [0.1, 0.15) is 12.0 Å². The molecule has 0 aliphatic heterocycles. The number of nitrogens with zero attached hydrogens (tertiary/aromatic N) is 2. The van der Waals surface area contributed by atoms with Crippen LogP contribution in [0.15, 0.2) is 58.1 Å². The molecule has 0 unspecified atom stereocenters. The Morgan fingerprint density at radius 1 is 1.15 bits per heavy atom. The third-order valence-electron chi connectivity index (χ3n) is 4.43. The minimum absolute atomic E-state index is 0.0972. The number of rotatable bonds is 6. The molecule has 2 aromatic carbocycles. The molecule has 0 atom stereocenters. The Hall–Kier alpha value is -3.35. The molecule has 0 bridgehead atoms. The smallest absolute Gasteiger partial charge is 0.328 e. The van der Waals surface area contributed by atoms with Gasteiger partial charge in [-0.25, -0.2) is 4.79 Å². The van der Waals surface area contributed by atoms with Crippen molar-refractivity contribution in [1.29, 1.82) is 0 Å². The zero-order chi connectivity index (χ0) is 19.4. The van der Waals surface area contributed by atoms with E-state index in [0.29, 0.717) is 17.4 Å². The van der Waals surface area contributed by atoms with Crippen molar-refractivity contribution in [2.24, 2.45) is 0 Å². The Bertz CT molecular complexity index is 1080. The van der Waals surface area contributed by atoms with Crippen molar-refractivity contribution < 1.29 is 9.53 Å². The standard InChI is InChI=1S/C20H21N3O4/c1-22(13-14-6-5-7-15(12-14)27-2)18(24)10-11-23-17-9-4-3-8-16(17)19(25)21-20(23)26/h3-9,12H,10-11,13H2,1-2H3,(H,21,25,26). The zero-order valence-corrected chi connectivity index (χ0v) is 15.3. The molecule has 1 aromatic heterocycles. The van der Waals surface area contributed by atoms with Gasteiger partial charge in [-0.1, -0.05) is 24.3 Å². The molecule has 1 amide bonds. The quantitative estimate of drug-likeness (QED) is 0.719. The molecule has 3 rings (SSSR count). The zero-order valence-electron chi connectivity index (χ0n) is 15.3. The largest absolute Gasteiger partial charge is 0.497 e. The highest BCUT2D eigenvalue weighted by molar-refractivity contribution is 5.78. The number of carbonyl (C=O) groups is 1. The molecule has 140 valence electrons. The van der Waals surface area contributed by atoms with Crippen molar-refractivity contribution >= 4 is 16.8 Å². The van der Waals surface area contributed by atoms with Crippen molar-refractivity contribution in [3.63, 3.8) is 0 Å². The number of aryl methyl sites for hydroxylation is 1. The minimum Gasteiger partial charge on any atom is -0.497 e. The van der Waals surface area contributed by atoms with Gasteiger partial charge < -0.3 is 9.64 Å². The lowest BCUT2D eigenvalue weighted by atomic mass is 10.2. The number of para-hydroxylation sites is 1. The molecule has 27 heavy (non-hydrogen) atoms. The highest BCUT2D eigenvalue weighted by Crippen LogP contribution is 2.14. The van der Waals surface area contributed by atoms with Gasteiger partial charge in [0, 0.05) is 26.6 Å². The van der Waals surface area contributed by atoms with Gasteiger partial charge in [-0.15, -0.1) is 0 Å². The van der Waals surface area contributed by atoms with E-state index in [2.05, 4.69) is 4.98 Å². The molecule has 1 N–H and O–H groups in total. The number of fused-ring (bicyclic) bond motifs is 1. The summed E-state index contributed by atoms with van der Waals surface area (Å²) in [5.74, 6) is 0.639. The maximum atomic E-state index is 12.5. The van der Waals surface area contributed by atoms with Crippen LogP contribution >= 0.6 is 0 Å². The van der Waals surface area contributed by atoms with Crippen LogP contribution in [0.5, 0.6) is 5.75 Å². The van der Waals surface area contributed by atoms with Crippen LogP contribution in [0.3, 0.4) is 0 Å². The topological polar surface area (TPSA) is 84.4 Å². The summed E-state index contributed by atoms with van der Waals surface area (Å²) in [7, 11) is 3.32. The molecule has 1 heterocycles. The Morgan fingerprint density at radius 3 is 2.70 bits per heavy atom. The number of ether oxygens (including phenoxy) is 1. The number of aromatic amines is 1. The first-order chi connectivity index (χ1) is 13.0. The molecular weight excluding hydrogens is 346 g/mol. The molecule has 7 heteroatoms. The second-order valence-corrected chi connectivity index (χ2v) is 6.28.